The first-order chi connectivity index (χ1) is 12.5. The summed E-state index contributed by atoms with van der Waals surface area (Å²) in [5.41, 5.74) is -0.399. The third-order valence-electron chi connectivity index (χ3n) is 4.79. The van der Waals surface area contributed by atoms with Gasteiger partial charge in [-0.3, -0.25) is 14.2 Å². The molecule has 3 heterocycles. The van der Waals surface area contributed by atoms with Gasteiger partial charge in [0.25, 0.3) is 11.5 Å². The van der Waals surface area contributed by atoms with Gasteiger partial charge in [-0.1, -0.05) is 11.6 Å². The van der Waals surface area contributed by atoms with E-state index < -0.39 is 17.2 Å². The first kappa shape index (κ1) is 22.5. The van der Waals surface area contributed by atoms with Crippen LogP contribution >= 0.6 is 0 Å². The van der Waals surface area contributed by atoms with Crippen LogP contribution in [0, 0.1) is 0 Å². The van der Waals surface area contributed by atoms with Crippen LogP contribution in [0.3, 0.4) is 0 Å². The zero-order chi connectivity index (χ0) is 18.7. The monoisotopic (exact) mass is 402 g/mol. The molecule has 3 N–H and O–H groups in total. The molecule has 1 saturated heterocycles. The van der Waals surface area contributed by atoms with Crippen molar-refractivity contribution >= 4 is 68.5 Å². The zero-order valence-electron chi connectivity index (χ0n) is 15.3. The van der Waals surface area contributed by atoms with Crippen LogP contribution < -0.4 is 10.9 Å². The third kappa shape index (κ3) is 4.98. The molecule has 10 heteroatoms. The molecule has 0 spiro atoms. The molecular weight excluding hydrogens is 375 g/mol. The summed E-state index contributed by atoms with van der Waals surface area (Å²) in [6.45, 7) is 7.23. The predicted octanol–water partition coefficient (Wildman–Crippen LogP) is 0.363. The number of nitrogens with one attached hydrogen (secondary N) is 2. The van der Waals surface area contributed by atoms with Gasteiger partial charge in [0.15, 0.2) is 16.9 Å². The molecule has 0 radical (unpaired) electrons. The van der Waals surface area contributed by atoms with Crippen LogP contribution in [0.4, 0.5) is 0 Å². The summed E-state index contributed by atoms with van der Waals surface area (Å²) < 4.78 is 1.39. The van der Waals surface area contributed by atoms with Crippen molar-refractivity contribution in [3.63, 3.8) is 0 Å². The Labute approximate surface area is 200 Å². The number of pyridine rings is 1. The second-order valence-corrected chi connectivity index (χ2v) is 7.01. The Kier molecular flexibility index (Phi) is 8.44. The molecule has 27 heavy (non-hydrogen) atoms. The van der Waals surface area contributed by atoms with Crippen LogP contribution in [0.2, 0.25) is 0 Å². The minimum absolute atomic E-state index is 0. The van der Waals surface area contributed by atoms with Gasteiger partial charge in [-0.25, -0.2) is 5.10 Å². The molecular formula is C17H27KN6O3. The fraction of sp³-hybridized carbons (Fsp3) is 0.647. The van der Waals surface area contributed by atoms with Crippen LogP contribution in [0.25, 0.3) is 11.2 Å². The van der Waals surface area contributed by atoms with Crippen molar-refractivity contribution in [3.8, 4) is 5.75 Å². The van der Waals surface area contributed by atoms with Crippen LogP contribution in [0.5, 0.6) is 5.75 Å². The van der Waals surface area contributed by atoms with Crippen molar-refractivity contribution < 1.29 is 9.90 Å². The van der Waals surface area contributed by atoms with Crippen LogP contribution in [0.15, 0.2) is 4.79 Å². The van der Waals surface area contributed by atoms with Crippen molar-refractivity contribution in [3.05, 3.63) is 15.9 Å². The van der Waals surface area contributed by atoms with E-state index >= 15 is 0 Å². The van der Waals surface area contributed by atoms with Crippen LogP contribution in [-0.4, -0.2) is 113 Å². The number of aromatic hydroxyl groups is 1. The molecule has 1 aliphatic rings. The number of hydrogen-bond acceptors (Lipinski definition) is 6. The van der Waals surface area contributed by atoms with Crippen molar-refractivity contribution in [1.82, 2.24) is 30.2 Å². The molecule has 2 aromatic rings. The molecule has 1 aliphatic heterocycles. The van der Waals surface area contributed by atoms with Gasteiger partial charge in [-0.2, -0.15) is 0 Å². The SMILES string of the molecule is CC(C)n1c(=O)c(C(=O)NCCCN2CCCCC2)c(O)c2nn[nH]c21.[KH]. The van der Waals surface area contributed by atoms with Crippen LogP contribution in [0.1, 0.15) is 55.9 Å². The first-order valence-corrected chi connectivity index (χ1v) is 9.19. The topological polar surface area (TPSA) is 116 Å². The number of amides is 1. The van der Waals surface area contributed by atoms with Crippen molar-refractivity contribution in [1.29, 1.82) is 0 Å². The van der Waals surface area contributed by atoms with E-state index in [1.165, 1.54) is 23.8 Å². The fourth-order valence-corrected chi connectivity index (χ4v) is 3.47. The average molecular weight is 403 g/mol. The molecule has 1 amide bonds. The summed E-state index contributed by atoms with van der Waals surface area (Å²) >= 11 is 0. The average Bonchev–Trinajstić information content (AvgIpc) is 3.09. The van der Waals surface area contributed by atoms with Gasteiger partial charge >= 0.3 is 51.4 Å². The van der Waals surface area contributed by atoms with E-state index in [-0.39, 0.29) is 68.5 Å². The van der Waals surface area contributed by atoms with E-state index in [0.29, 0.717) is 12.2 Å². The second-order valence-electron chi connectivity index (χ2n) is 7.01. The molecule has 9 nitrogen and oxygen atoms in total. The number of aromatic amines is 1. The number of H-pyrrole nitrogens is 1. The number of rotatable bonds is 6. The summed E-state index contributed by atoms with van der Waals surface area (Å²) in [6.07, 6.45) is 4.55. The summed E-state index contributed by atoms with van der Waals surface area (Å²) in [4.78, 5) is 27.6. The Balaban J connectivity index is 0.00000261. The predicted molar refractivity (Wildman–Crippen MR) is 105 cm³/mol. The maximum absolute atomic E-state index is 12.7. The molecule has 1 fully saturated rings. The van der Waals surface area contributed by atoms with Crippen molar-refractivity contribution in [2.45, 2.75) is 45.6 Å². The number of nitrogens with zero attached hydrogens (tertiary/aromatic N) is 4. The molecule has 0 unspecified atom stereocenters. The van der Waals surface area contributed by atoms with E-state index in [9.17, 15) is 14.7 Å². The van der Waals surface area contributed by atoms with Crippen molar-refractivity contribution in [2.24, 2.45) is 0 Å². The number of carbonyl (C=O) groups excluding carboxylic acids is 1. The third-order valence-corrected chi connectivity index (χ3v) is 4.79. The number of piperidine rings is 1. The summed E-state index contributed by atoms with van der Waals surface area (Å²) in [6, 6.07) is -0.210. The Morgan fingerprint density at radius 3 is 2.67 bits per heavy atom. The van der Waals surface area contributed by atoms with Crippen molar-refractivity contribution in [2.75, 3.05) is 26.2 Å². The Morgan fingerprint density at radius 2 is 2.00 bits per heavy atom. The van der Waals surface area contributed by atoms with Gasteiger partial charge in [0.05, 0.1) is 0 Å². The molecule has 144 valence electrons. The number of hydrogen-bond donors (Lipinski definition) is 3. The summed E-state index contributed by atoms with van der Waals surface area (Å²) in [5, 5.41) is 23.2. The molecule has 2 aromatic heterocycles. The van der Waals surface area contributed by atoms with Gasteiger partial charge in [-0.05, 0) is 52.7 Å². The van der Waals surface area contributed by atoms with E-state index in [4.69, 9.17) is 0 Å². The normalized spacial score (nSPS) is 15.1. The number of fused-ring (bicyclic) bond motifs is 1. The first-order valence-electron chi connectivity index (χ1n) is 9.19. The minimum atomic E-state index is -0.578. The van der Waals surface area contributed by atoms with E-state index in [0.717, 1.165) is 26.1 Å². The molecule has 0 atom stereocenters. The quantitative estimate of drug-likeness (QED) is 0.475. The van der Waals surface area contributed by atoms with Gasteiger partial charge < -0.3 is 15.3 Å². The Hall–Kier alpha value is -0.784. The Bertz CT molecular complexity index is 841. The number of likely N-dealkylation sites (tertiary alicyclic amines) is 1. The number of carbonyl (C=O) groups is 1. The second kappa shape index (κ2) is 10.1. The van der Waals surface area contributed by atoms with Crippen LogP contribution in [-0.2, 0) is 0 Å². The molecule has 0 bridgehead atoms. The van der Waals surface area contributed by atoms with Gasteiger partial charge in [-0.15, -0.1) is 5.10 Å². The molecule has 0 aromatic carbocycles. The van der Waals surface area contributed by atoms with Gasteiger partial charge in [0.2, 0.25) is 0 Å². The van der Waals surface area contributed by atoms with Gasteiger partial charge in [0.1, 0.15) is 5.56 Å². The summed E-state index contributed by atoms with van der Waals surface area (Å²) in [5.74, 6) is -1.00. The molecule has 0 saturated carbocycles. The Morgan fingerprint density at radius 1 is 1.30 bits per heavy atom. The molecule has 3 rings (SSSR count). The summed E-state index contributed by atoms with van der Waals surface area (Å²) in [7, 11) is 0. The van der Waals surface area contributed by atoms with E-state index in [1.54, 1.807) is 0 Å². The number of aromatic nitrogens is 4. The maximum atomic E-state index is 12.7. The fourth-order valence-electron chi connectivity index (χ4n) is 3.47. The zero-order valence-corrected chi connectivity index (χ0v) is 15.3. The molecule has 0 aliphatic carbocycles. The van der Waals surface area contributed by atoms with E-state index in [2.05, 4.69) is 25.6 Å². The van der Waals surface area contributed by atoms with E-state index in [1.807, 2.05) is 13.8 Å². The van der Waals surface area contributed by atoms with Gasteiger partial charge in [0, 0.05) is 12.6 Å². The standard InChI is InChI=1S/C17H26N6O3.K.H/c1-11(2)23-15-13(19-21-20-15)14(24)12(17(23)26)16(25)18-7-6-10-22-8-4-3-5-9-22;;/h11,24H,3-10H2,1-2H3,(H,18,25)(H,19,20,21);;.